The van der Waals surface area contributed by atoms with Gasteiger partial charge in [0.05, 0.1) is 6.04 Å². The Hall–Kier alpha value is -0.700. The molecule has 0 aliphatic heterocycles. The van der Waals surface area contributed by atoms with Crippen LogP contribution in [0.5, 0.6) is 0 Å². The van der Waals surface area contributed by atoms with E-state index in [2.05, 4.69) is 5.32 Å². The zero-order chi connectivity index (χ0) is 10.9. The topological polar surface area (TPSA) is 46.2 Å². The van der Waals surface area contributed by atoms with E-state index >= 15 is 0 Å². The van der Waals surface area contributed by atoms with Gasteiger partial charge in [-0.1, -0.05) is 13.8 Å². The molecule has 0 aliphatic rings. The van der Waals surface area contributed by atoms with Crippen LogP contribution < -0.4 is 5.32 Å². The molecule has 0 aromatic carbocycles. The summed E-state index contributed by atoms with van der Waals surface area (Å²) in [6, 6.07) is -0.154. The number of likely N-dealkylation sites (N-methyl/N-ethyl adjacent to an activating group) is 1. The highest BCUT2D eigenvalue weighted by Gasteiger charge is 2.11. The largest absolute Gasteiger partial charge is 0.311 e. The van der Waals surface area contributed by atoms with Crippen LogP contribution in [-0.2, 0) is 9.59 Å². The molecule has 0 radical (unpaired) electrons. The second-order valence-corrected chi connectivity index (χ2v) is 2.69. The summed E-state index contributed by atoms with van der Waals surface area (Å²) in [6.45, 7) is 7.06. The molecule has 0 aliphatic carbocycles. The van der Waals surface area contributed by atoms with Crippen molar-refractivity contribution in [2.45, 2.75) is 46.6 Å². The van der Waals surface area contributed by atoms with E-state index in [4.69, 9.17) is 0 Å². The van der Waals surface area contributed by atoms with Crippen molar-refractivity contribution in [3.05, 3.63) is 0 Å². The Balaban J connectivity index is 0. The van der Waals surface area contributed by atoms with Gasteiger partial charge in [0.1, 0.15) is 11.6 Å². The number of hydrogen-bond donors (Lipinski definition) is 1. The first kappa shape index (κ1) is 14.8. The molecule has 1 unspecified atom stereocenters. The Bertz CT molecular complexity index is 155. The summed E-state index contributed by atoms with van der Waals surface area (Å²) in [5.74, 6) is 0.222. The minimum atomic E-state index is -0.154. The van der Waals surface area contributed by atoms with Crippen LogP contribution in [0.25, 0.3) is 0 Å². The lowest BCUT2D eigenvalue weighted by Crippen LogP contribution is -2.32. The van der Waals surface area contributed by atoms with Crippen molar-refractivity contribution < 1.29 is 9.59 Å². The van der Waals surface area contributed by atoms with Crippen LogP contribution in [0.3, 0.4) is 0 Å². The molecule has 0 spiro atoms. The van der Waals surface area contributed by atoms with E-state index in [0.717, 1.165) is 0 Å². The average molecular weight is 187 g/mol. The van der Waals surface area contributed by atoms with Crippen molar-refractivity contribution >= 4 is 11.6 Å². The monoisotopic (exact) mass is 187 g/mol. The third kappa shape index (κ3) is 9.21. The fourth-order valence-electron chi connectivity index (χ4n) is 0.898. The second kappa shape index (κ2) is 9.39. The van der Waals surface area contributed by atoms with Gasteiger partial charge in [0.15, 0.2) is 0 Å². The van der Waals surface area contributed by atoms with E-state index < -0.39 is 0 Å². The number of hydrogen-bond acceptors (Lipinski definition) is 3. The Morgan fingerprint density at radius 2 is 1.69 bits per heavy atom. The van der Waals surface area contributed by atoms with Gasteiger partial charge in [0.2, 0.25) is 0 Å². The molecule has 78 valence electrons. The third-order valence-electron chi connectivity index (χ3n) is 1.62. The molecule has 0 amide bonds. The van der Waals surface area contributed by atoms with Crippen LogP contribution in [-0.4, -0.2) is 24.7 Å². The number of Topliss-reactive ketones (excluding diaryl/α,β-unsaturated/α-hetero) is 2. The van der Waals surface area contributed by atoms with Crippen LogP contribution >= 0.6 is 0 Å². The molecule has 0 bridgehead atoms. The summed E-state index contributed by atoms with van der Waals surface area (Å²) in [5.41, 5.74) is 0. The fourth-order valence-corrected chi connectivity index (χ4v) is 0.898. The van der Waals surface area contributed by atoms with E-state index in [1.54, 1.807) is 7.05 Å². The van der Waals surface area contributed by atoms with Crippen LogP contribution in [0.1, 0.15) is 40.5 Å². The number of ketones is 2. The van der Waals surface area contributed by atoms with Crippen LogP contribution in [0.4, 0.5) is 0 Å². The molecule has 1 atom stereocenters. The summed E-state index contributed by atoms with van der Waals surface area (Å²) in [6.07, 6.45) is 1.09. The molecule has 1 N–H and O–H groups in total. The lowest BCUT2D eigenvalue weighted by Gasteiger charge is -2.10. The van der Waals surface area contributed by atoms with Gasteiger partial charge in [-0.15, -0.1) is 0 Å². The first-order chi connectivity index (χ1) is 6.07. The number of carbonyl (C=O) groups excluding carboxylic acids is 2. The molecule has 3 nitrogen and oxygen atoms in total. The normalized spacial score (nSPS) is 11.2. The summed E-state index contributed by atoms with van der Waals surface area (Å²) < 4.78 is 0. The Morgan fingerprint density at radius 3 is 1.92 bits per heavy atom. The van der Waals surface area contributed by atoms with Crippen molar-refractivity contribution in [2.24, 2.45) is 0 Å². The highest BCUT2D eigenvalue weighted by molar-refractivity contribution is 5.82. The minimum absolute atomic E-state index is 0.0914. The lowest BCUT2D eigenvalue weighted by molar-refractivity contribution is -0.119. The second-order valence-electron chi connectivity index (χ2n) is 2.69. The van der Waals surface area contributed by atoms with E-state index in [1.807, 2.05) is 13.8 Å². The van der Waals surface area contributed by atoms with Gasteiger partial charge in [-0.3, -0.25) is 4.79 Å². The molecular weight excluding hydrogens is 166 g/mol. The van der Waals surface area contributed by atoms with Crippen LogP contribution in [0, 0.1) is 0 Å². The van der Waals surface area contributed by atoms with Crippen LogP contribution in [0.2, 0.25) is 0 Å². The molecule has 0 heterocycles. The smallest absolute Gasteiger partial charge is 0.146 e. The van der Waals surface area contributed by atoms with Gasteiger partial charge in [-0.05, 0) is 27.3 Å². The lowest BCUT2D eigenvalue weighted by atomic mass is 10.1. The Kier molecular flexibility index (Phi) is 10.7. The van der Waals surface area contributed by atoms with Gasteiger partial charge in [0, 0.05) is 6.42 Å². The molecule has 3 heteroatoms. The predicted molar refractivity (Wildman–Crippen MR) is 54.8 cm³/mol. The van der Waals surface area contributed by atoms with E-state index in [0.29, 0.717) is 12.8 Å². The molecule has 0 saturated carbocycles. The van der Waals surface area contributed by atoms with Gasteiger partial charge in [-0.2, -0.15) is 0 Å². The van der Waals surface area contributed by atoms with Crippen molar-refractivity contribution in [3.8, 4) is 0 Å². The SMILES string of the molecule is CC.CNC(CCC(C)=O)C(C)=O. The van der Waals surface area contributed by atoms with E-state index in [1.165, 1.54) is 13.8 Å². The van der Waals surface area contributed by atoms with Crippen LogP contribution in [0.15, 0.2) is 0 Å². The zero-order valence-electron chi connectivity index (χ0n) is 9.31. The van der Waals surface area contributed by atoms with Crippen molar-refractivity contribution in [2.75, 3.05) is 7.05 Å². The van der Waals surface area contributed by atoms with Gasteiger partial charge >= 0.3 is 0 Å². The highest BCUT2D eigenvalue weighted by atomic mass is 16.1. The quantitative estimate of drug-likeness (QED) is 0.710. The minimum Gasteiger partial charge on any atom is -0.311 e. The molecule has 0 aromatic rings. The summed E-state index contributed by atoms with van der Waals surface area (Å²) >= 11 is 0. The van der Waals surface area contributed by atoms with Crippen molar-refractivity contribution in [1.29, 1.82) is 0 Å². The number of nitrogens with one attached hydrogen (secondary N) is 1. The number of rotatable bonds is 5. The maximum absolute atomic E-state index is 10.8. The van der Waals surface area contributed by atoms with Gasteiger partial charge in [0.25, 0.3) is 0 Å². The summed E-state index contributed by atoms with van der Waals surface area (Å²) in [5, 5.41) is 2.86. The molecule has 0 aromatic heterocycles. The molecule has 13 heavy (non-hydrogen) atoms. The van der Waals surface area contributed by atoms with E-state index in [9.17, 15) is 9.59 Å². The summed E-state index contributed by atoms with van der Waals surface area (Å²) in [4.78, 5) is 21.4. The fraction of sp³-hybridized carbons (Fsp3) is 0.800. The number of carbonyl (C=O) groups is 2. The standard InChI is InChI=1S/C8H15NO2.C2H6/c1-6(10)4-5-8(9-3)7(2)11;1-2/h8-9H,4-5H2,1-3H3;1-2H3. The van der Waals surface area contributed by atoms with E-state index in [-0.39, 0.29) is 17.6 Å². The van der Waals surface area contributed by atoms with Crippen molar-refractivity contribution in [3.63, 3.8) is 0 Å². The first-order valence-electron chi connectivity index (χ1n) is 4.75. The average Bonchev–Trinajstić information content (AvgIpc) is 2.08. The summed E-state index contributed by atoms with van der Waals surface area (Å²) in [7, 11) is 1.73. The maximum atomic E-state index is 10.8. The maximum Gasteiger partial charge on any atom is 0.146 e. The first-order valence-corrected chi connectivity index (χ1v) is 4.75. The Morgan fingerprint density at radius 1 is 1.23 bits per heavy atom. The van der Waals surface area contributed by atoms with Gasteiger partial charge < -0.3 is 10.1 Å². The molecule has 0 saturated heterocycles. The van der Waals surface area contributed by atoms with Crippen molar-refractivity contribution in [1.82, 2.24) is 5.32 Å². The third-order valence-corrected chi connectivity index (χ3v) is 1.62. The Labute approximate surface area is 80.9 Å². The van der Waals surface area contributed by atoms with Gasteiger partial charge in [-0.25, -0.2) is 0 Å². The zero-order valence-corrected chi connectivity index (χ0v) is 9.31. The molecule has 0 fully saturated rings. The molecule has 0 rings (SSSR count). The predicted octanol–water partition coefficient (Wildman–Crippen LogP) is 1.56. The highest BCUT2D eigenvalue weighted by Crippen LogP contribution is 1.98. The molecular formula is C10H21NO2.